The summed E-state index contributed by atoms with van der Waals surface area (Å²) in [5.74, 6) is 0.171. The second kappa shape index (κ2) is 5.39. The van der Waals surface area contributed by atoms with Gasteiger partial charge in [-0.15, -0.1) is 0 Å². The van der Waals surface area contributed by atoms with Crippen molar-refractivity contribution < 1.29 is 9.36 Å². The molecule has 1 unspecified atom stereocenters. The van der Waals surface area contributed by atoms with Crippen LogP contribution in [0.2, 0.25) is 0 Å². The predicted molar refractivity (Wildman–Crippen MR) is 66.7 cm³/mol. The highest BCUT2D eigenvalue weighted by Gasteiger charge is 2.25. The fourth-order valence-electron chi connectivity index (χ4n) is 1.95. The molecule has 0 N–H and O–H groups in total. The fourth-order valence-corrected chi connectivity index (χ4v) is 1.95. The van der Waals surface area contributed by atoms with E-state index < -0.39 is 0 Å². The maximum absolute atomic E-state index is 12.4. The van der Waals surface area contributed by atoms with Gasteiger partial charge in [0.15, 0.2) is 12.4 Å². The Kier molecular flexibility index (Phi) is 3.66. The Bertz CT molecular complexity index is 479. The fraction of sp³-hybridized carbons (Fsp3) is 0.200. The minimum Gasteiger partial charge on any atom is -0.287 e. The Morgan fingerprint density at radius 2 is 1.65 bits per heavy atom. The van der Waals surface area contributed by atoms with Gasteiger partial charge < -0.3 is 0 Å². The van der Waals surface area contributed by atoms with E-state index in [1.54, 1.807) is 0 Å². The highest BCUT2D eigenvalue weighted by atomic mass is 16.1. The summed E-state index contributed by atoms with van der Waals surface area (Å²) in [6.07, 6.45) is 4.67. The van der Waals surface area contributed by atoms with Crippen LogP contribution < -0.4 is 4.57 Å². The van der Waals surface area contributed by atoms with Crippen molar-refractivity contribution in [2.24, 2.45) is 0 Å². The average Bonchev–Trinajstić information content (AvgIpc) is 2.42. The van der Waals surface area contributed by atoms with Gasteiger partial charge in [0.1, 0.15) is 0 Å². The van der Waals surface area contributed by atoms with Crippen LogP contribution in [0.1, 0.15) is 29.7 Å². The van der Waals surface area contributed by atoms with Gasteiger partial charge >= 0.3 is 0 Å². The Labute approximate surface area is 102 Å². The van der Waals surface area contributed by atoms with Crippen LogP contribution in [0.5, 0.6) is 0 Å². The van der Waals surface area contributed by atoms with Crippen molar-refractivity contribution in [3.63, 3.8) is 0 Å². The van der Waals surface area contributed by atoms with E-state index in [0.29, 0.717) is 0 Å². The first-order valence-electron chi connectivity index (χ1n) is 5.88. The van der Waals surface area contributed by atoms with Gasteiger partial charge in [-0.1, -0.05) is 43.3 Å². The number of hydrogen-bond acceptors (Lipinski definition) is 1. The van der Waals surface area contributed by atoms with Gasteiger partial charge in [0, 0.05) is 24.1 Å². The molecular weight excluding hydrogens is 210 g/mol. The molecule has 2 nitrogen and oxygen atoms in total. The lowest BCUT2D eigenvalue weighted by Gasteiger charge is -2.08. The molecule has 1 heterocycles. The van der Waals surface area contributed by atoms with Crippen LogP contribution in [-0.2, 0) is 0 Å². The molecule has 0 amide bonds. The molecule has 0 bridgehead atoms. The first-order chi connectivity index (χ1) is 8.33. The molecule has 0 saturated heterocycles. The molecule has 17 heavy (non-hydrogen) atoms. The number of carbonyl (C=O) groups is 1. The van der Waals surface area contributed by atoms with Crippen LogP contribution in [0.4, 0.5) is 0 Å². The Morgan fingerprint density at radius 1 is 1.06 bits per heavy atom. The molecular formula is C15H16NO+. The topological polar surface area (TPSA) is 20.9 Å². The Hall–Kier alpha value is -1.96. The number of ketones is 1. The van der Waals surface area contributed by atoms with Gasteiger partial charge in [0.05, 0.1) is 0 Å². The van der Waals surface area contributed by atoms with Crippen LogP contribution in [0.15, 0.2) is 60.9 Å². The molecule has 0 saturated carbocycles. The van der Waals surface area contributed by atoms with E-state index in [1.807, 2.05) is 72.4 Å². The van der Waals surface area contributed by atoms with E-state index in [4.69, 9.17) is 0 Å². The van der Waals surface area contributed by atoms with Gasteiger partial charge in [-0.25, -0.2) is 0 Å². The second-order valence-electron chi connectivity index (χ2n) is 3.98. The summed E-state index contributed by atoms with van der Waals surface area (Å²) in [4.78, 5) is 12.4. The molecule has 1 aromatic heterocycles. The number of hydrogen-bond donors (Lipinski definition) is 0. The monoisotopic (exact) mass is 226 g/mol. The quantitative estimate of drug-likeness (QED) is 0.580. The van der Waals surface area contributed by atoms with E-state index in [0.717, 1.165) is 12.0 Å². The zero-order valence-corrected chi connectivity index (χ0v) is 9.91. The molecule has 0 aliphatic rings. The third kappa shape index (κ3) is 2.59. The summed E-state index contributed by atoms with van der Waals surface area (Å²) < 4.78 is 1.97. The molecule has 0 radical (unpaired) electrons. The number of benzene rings is 1. The van der Waals surface area contributed by atoms with E-state index in [1.165, 1.54) is 0 Å². The zero-order valence-electron chi connectivity index (χ0n) is 9.91. The molecule has 1 aromatic carbocycles. The lowest BCUT2D eigenvalue weighted by molar-refractivity contribution is -0.708. The van der Waals surface area contributed by atoms with Crippen molar-refractivity contribution >= 4 is 5.78 Å². The number of Topliss-reactive ketones (excluding diaryl/α,β-unsaturated/α-hetero) is 1. The van der Waals surface area contributed by atoms with Crippen LogP contribution in [0, 0.1) is 0 Å². The molecule has 1 atom stereocenters. The summed E-state index contributed by atoms with van der Waals surface area (Å²) in [5.41, 5.74) is 0.774. The molecule has 2 aromatic rings. The van der Waals surface area contributed by atoms with Crippen molar-refractivity contribution in [1.29, 1.82) is 0 Å². The van der Waals surface area contributed by atoms with Crippen LogP contribution >= 0.6 is 0 Å². The van der Waals surface area contributed by atoms with Gasteiger partial charge in [-0.3, -0.25) is 4.79 Å². The molecule has 0 aliphatic carbocycles. The third-order valence-corrected chi connectivity index (χ3v) is 2.85. The minimum absolute atomic E-state index is 0.112. The number of pyridine rings is 1. The van der Waals surface area contributed by atoms with Crippen LogP contribution in [0.3, 0.4) is 0 Å². The van der Waals surface area contributed by atoms with E-state index in [9.17, 15) is 4.79 Å². The lowest BCUT2D eigenvalue weighted by atomic mass is 10.0. The number of aromatic nitrogens is 1. The first kappa shape index (κ1) is 11.5. The average molecular weight is 226 g/mol. The predicted octanol–water partition coefficient (Wildman–Crippen LogP) is 2.81. The van der Waals surface area contributed by atoms with Gasteiger partial charge in [-0.05, 0) is 0 Å². The SMILES string of the molecule is CCC(C(=O)c1ccccc1)[n+]1ccccc1. The number of carbonyl (C=O) groups excluding carboxylic acids is 1. The highest BCUT2D eigenvalue weighted by Crippen LogP contribution is 2.12. The smallest absolute Gasteiger partial charge is 0.230 e. The molecule has 2 rings (SSSR count). The summed E-state index contributed by atoms with van der Waals surface area (Å²) in [7, 11) is 0. The molecule has 86 valence electrons. The second-order valence-corrected chi connectivity index (χ2v) is 3.98. The van der Waals surface area contributed by atoms with Crippen LogP contribution in [-0.4, -0.2) is 5.78 Å². The summed E-state index contributed by atoms with van der Waals surface area (Å²) in [6.45, 7) is 2.03. The van der Waals surface area contributed by atoms with E-state index >= 15 is 0 Å². The van der Waals surface area contributed by atoms with Crippen molar-refractivity contribution in [2.45, 2.75) is 19.4 Å². The van der Waals surface area contributed by atoms with E-state index in [-0.39, 0.29) is 11.8 Å². The lowest BCUT2D eigenvalue weighted by Crippen LogP contribution is -2.42. The molecule has 0 fully saturated rings. The van der Waals surface area contributed by atoms with Gasteiger partial charge in [0.25, 0.3) is 0 Å². The summed E-state index contributed by atoms with van der Waals surface area (Å²) in [5, 5.41) is 0. The first-order valence-corrected chi connectivity index (χ1v) is 5.88. The number of rotatable bonds is 4. The largest absolute Gasteiger partial charge is 0.287 e. The molecule has 2 heteroatoms. The van der Waals surface area contributed by atoms with Crippen LogP contribution in [0.25, 0.3) is 0 Å². The zero-order chi connectivity index (χ0) is 12.1. The maximum atomic E-state index is 12.4. The van der Waals surface area contributed by atoms with E-state index in [2.05, 4.69) is 0 Å². The van der Waals surface area contributed by atoms with Crippen molar-refractivity contribution in [3.8, 4) is 0 Å². The van der Waals surface area contributed by atoms with Gasteiger partial charge in [0.2, 0.25) is 11.8 Å². The normalized spacial score (nSPS) is 12.1. The number of nitrogens with zero attached hydrogens (tertiary/aromatic N) is 1. The Balaban J connectivity index is 2.29. The van der Waals surface area contributed by atoms with Crippen molar-refractivity contribution in [3.05, 3.63) is 66.5 Å². The molecule has 0 aliphatic heterocycles. The summed E-state index contributed by atoms with van der Waals surface area (Å²) in [6, 6.07) is 15.2. The Morgan fingerprint density at radius 3 is 2.24 bits per heavy atom. The summed E-state index contributed by atoms with van der Waals surface area (Å²) >= 11 is 0. The van der Waals surface area contributed by atoms with Crippen molar-refractivity contribution in [2.75, 3.05) is 0 Å². The third-order valence-electron chi connectivity index (χ3n) is 2.85. The van der Waals surface area contributed by atoms with Gasteiger partial charge in [-0.2, -0.15) is 4.57 Å². The molecule has 0 spiro atoms. The standard InChI is InChI=1S/C15H16NO/c1-2-14(16-11-7-4-8-12-16)15(17)13-9-5-3-6-10-13/h3-12,14H,2H2,1H3/q+1. The highest BCUT2D eigenvalue weighted by molar-refractivity contribution is 5.97. The van der Waals surface area contributed by atoms with Crippen molar-refractivity contribution in [1.82, 2.24) is 0 Å². The maximum Gasteiger partial charge on any atom is 0.230 e. The minimum atomic E-state index is -0.112.